The molecule has 0 bridgehead atoms. The molecule has 5 rings (SSSR count). The minimum absolute atomic E-state index is 0.00566. The maximum atomic E-state index is 14.7. The fraction of sp³-hybridized carbons (Fsp3) is 0.393. The van der Waals surface area contributed by atoms with Crippen molar-refractivity contribution in [3.63, 3.8) is 0 Å². The van der Waals surface area contributed by atoms with Gasteiger partial charge in [-0.1, -0.05) is 0 Å². The summed E-state index contributed by atoms with van der Waals surface area (Å²) in [5.41, 5.74) is 0.755. The molecule has 2 aliphatic rings. The van der Waals surface area contributed by atoms with Crippen LogP contribution in [0.1, 0.15) is 48.2 Å². The van der Waals surface area contributed by atoms with Crippen molar-refractivity contribution in [1.82, 2.24) is 20.1 Å². The number of benzene rings is 1. The van der Waals surface area contributed by atoms with Crippen molar-refractivity contribution < 1.29 is 23.2 Å². The summed E-state index contributed by atoms with van der Waals surface area (Å²) >= 11 is 0. The van der Waals surface area contributed by atoms with Crippen LogP contribution in [0.2, 0.25) is 0 Å². The fourth-order valence-electron chi connectivity index (χ4n) is 4.97. The number of hydrogen-bond donors (Lipinski definition) is 2. The molecule has 0 spiro atoms. The number of furan rings is 1. The molecule has 0 aliphatic carbocycles. The Hall–Kier alpha value is -4.28. The average Bonchev–Trinajstić information content (AvgIpc) is 3.56. The molecule has 10 nitrogen and oxygen atoms in total. The van der Waals surface area contributed by atoms with Gasteiger partial charge in [-0.15, -0.1) is 0 Å². The highest BCUT2D eigenvalue weighted by atomic mass is 19.1. The molecule has 4 heterocycles. The summed E-state index contributed by atoms with van der Waals surface area (Å²) in [6.45, 7) is 3.64. The number of aromatic nitrogens is 1. The number of aryl methyl sites for hydroxylation is 1. The first kappa shape index (κ1) is 26.3. The van der Waals surface area contributed by atoms with E-state index in [1.54, 1.807) is 47.2 Å². The predicted molar refractivity (Wildman–Crippen MR) is 144 cm³/mol. The summed E-state index contributed by atoms with van der Waals surface area (Å²) in [6.07, 6.45) is 6.85. The van der Waals surface area contributed by atoms with Crippen LogP contribution >= 0.6 is 0 Å². The summed E-state index contributed by atoms with van der Waals surface area (Å²) in [4.78, 5) is 51.2. The molecule has 3 aromatic rings. The Bertz CT molecular complexity index is 1400. The molecule has 11 heteroatoms. The third-order valence-electron chi connectivity index (χ3n) is 6.93. The fourth-order valence-corrected chi connectivity index (χ4v) is 4.97. The normalized spacial score (nSPS) is 18.4. The zero-order valence-electron chi connectivity index (χ0n) is 21.8. The van der Waals surface area contributed by atoms with E-state index in [-0.39, 0.29) is 29.9 Å². The van der Waals surface area contributed by atoms with Gasteiger partial charge < -0.3 is 19.5 Å². The lowest BCUT2D eigenvalue weighted by Crippen LogP contribution is -2.45. The number of nitrogens with one attached hydrogen (secondary N) is 2. The number of anilines is 1. The first-order valence-corrected chi connectivity index (χ1v) is 13.2. The number of carbonyl (C=O) groups is 3. The van der Waals surface area contributed by atoms with Crippen LogP contribution in [-0.4, -0.2) is 70.7 Å². The Balaban J connectivity index is 1.41. The predicted octanol–water partition coefficient (Wildman–Crippen LogP) is 3.48. The van der Waals surface area contributed by atoms with Gasteiger partial charge in [-0.25, -0.2) is 9.38 Å². The Morgan fingerprint density at radius 1 is 1.15 bits per heavy atom. The molecule has 2 N–H and O–H groups in total. The van der Waals surface area contributed by atoms with Crippen LogP contribution in [0.25, 0.3) is 11.0 Å². The second kappa shape index (κ2) is 11.6. The highest BCUT2D eigenvalue weighted by Crippen LogP contribution is 2.26. The lowest BCUT2D eigenvalue weighted by atomic mass is 10.1. The van der Waals surface area contributed by atoms with Crippen LogP contribution < -0.4 is 10.6 Å². The number of rotatable bonds is 5. The number of likely N-dealkylation sites (tertiary alicyclic amines) is 2. The van der Waals surface area contributed by atoms with E-state index in [1.807, 2.05) is 0 Å². The van der Waals surface area contributed by atoms with Gasteiger partial charge in [0.15, 0.2) is 11.4 Å². The van der Waals surface area contributed by atoms with E-state index in [1.165, 1.54) is 12.3 Å². The molecule has 2 fully saturated rings. The van der Waals surface area contributed by atoms with Crippen LogP contribution in [0.3, 0.4) is 0 Å². The molecule has 2 aromatic heterocycles. The number of carbonyl (C=O) groups excluding carboxylic acids is 3. The van der Waals surface area contributed by atoms with Crippen molar-refractivity contribution in [3.05, 3.63) is 59.9 Å². The standard InChI is InChI=1S/C28H31FN6O4/c1-18-13-20-14-21(15-22(29)25(20)39-18)31-28(33-26(37)19-7-6-9-30-16-19)32-23-8-2-3-12-35(27(23)38)17-24(36)34-10-4-5-11-34/h6-7,9,13-16,23H,2-5,8,10-12,17H2,1H3,(H2,31,32,33,37). The maximum absolute atomic E-state index is 14.7. The van der Waals surface area contributed by atoms with Gasteiger partial charge in [0.1, 0.15) is 11.8 Å². The molecule has 3 amide bonds. The van der Waals surface area contributed by atoms with Gasteiger partial charge in [0.25, 0.3) is 5.91 Å². The highest BCUT2D eigenvalue weighted by molar-refractivity contribution is 6.10. The van der Waals surface area contributed by atoms with E-state index in [0.717, 1.165) is 25.7 Å². The van der Waals surface area contributed by atoms with Gasteiger partial charge in [0.2, 0.25) is 17.8 Å². The molecule has 1 aromatic carbocycles. The highest BCUT2D eigenvalue weighted by Gasteiger charge is 2.30. The summed E-state index contributed by atoms with van der Waals surface area (Å²) in [5.74, 6) is -0.841. The average molecular weight is 535 g/mol. The molecular formula is C28H31FN6O4. The minimum Gasteiger partial charge on any atom is -0.458 e. The van der Waals surface area contributed by atoms with Crippen LogP contribution in [-0.2, 0) is 9.59 Å². The molecule has 2 saturated heterocycles. The number of aliphatic imine (C=N–C) groups is 1. The summed E-state index contributed by atoms with van der Waals surface area (Å²) < 4.78 is 20.2. The van der Waals surface area contributed by atoms with Crippen LogP contribution in [0.4, 0.5) is 10.1 Å². The van der Waals surface area contributed by atoms with Crippen molar-refractivity contribution in [2.45, 2.75) is 45.1 Å². The molecule has 0 radical (unpaired) electrons. The summed E-state index contributed by atoms with van der Waals surface area (Å²) in [6, 6.07) is 7.04. The van der Waals surface area contributed by atoms with Crippen molar-refractivity contribution >= 4 is 40.3 Å². The molecule has 2 aliphatic heterocycles. The van der Waals surface area contributed by atoms with E-state index in [9.17, 15) is 18.8 Å². The lowest BCUT2D eigenvalue weighted by molar-refractivity contribution is -0.140. The van der Waals surface area contributed by atoms with E-state index in [2.05, 4.69) is 20.6 Å². The third-order valence-corrected chi connectivity index (χ3v) is 6.93. The number of nitrogens with zero attached hydrogens (tertiary/aromatic N) is 4. The second-order valence-electron chi connectivity index (χ2n) is 9.89. The number of guanidine groups is 1. The second-order valence-corrected chi connectivity index (χ2v) is 9.89. The topological polar surface area (TPSA) is 120 Å². The quantitative estimate of drug-likeness (QED) is 0.382. The Morgan fingerprint density at radius 2 is 1.95 bits per heavy atom. The molecule has 204 valence electrons. The molecule has 1 unspecified atom stereocenters. The zero-order valence-corrected chi connectivity index (χ0v) is 21.8. The van der Waals surface area contributed by atoms with Crippen LogP contribution in [0.5, 0.6) is 0 Å². The van der Waals surface area contributed by atoms with Gasteiger partial charge in [-0.2, -0.15) is 0 Å². The smallest absolute Gasteiger partial charge is 0.259 e. The van der Waals surface area contributed by atoms with E-state index in [0.29, 0.717) is 48.5 Å². The molecular weight excluding hydrogens is 503 g/mol. The first-order valence-electron chi connectivity index (χ1n) is 13.2. The van der Waals surface area contributed by atoms with E-state index < -0.39 is 17.8 Å². The Labute approximate surface area is 225 Å². The van der Waals surface area contributed by atoms with Gasteiger partial charge in [0, 0.05) is 49.2 Å². The van der Waals surface area contributed by atoms with E-state index in [4.69, 9.17) is 4.42 Å². The Kier molecular flexibility index (Phi) is 7.85. The Morgan fingerprint density at radius 3 is 2.72 bits per heavy atom. The van der Waals surface area contributed by atoms with Crippen LogP contribution in [0.15, 0.2) is 52.1 Å². The van der Waals surface area contributed by atoms with E-state index >= 15 is 0 Å². The zero-order chi connectivity index (χ0) is 27.4. The largest absolute Gasteiger partial charge is 0.458 e. The SMILES string of the molecule is Cc1cc2cc(NC(=NC3CCCCN(CC(=O)N4CCCC4)C3=O)NC(=O)c3cccnc3)cc(F)c2o1. The van der Waals surface area contributed by atoms with Gasteiger partial charge in [0.05, 0.1) is 12.1 Å². The van der Waals surface area contributed by atoms with Gasteiger partial charge in [-0.3, -0.25) is 24.7 Å². The molecule has 39 heavy (non-hydrogen) atoms. The lowest BCUT2D eigenvalue weighted by Gasteiger charge is -2.25. The molecule has 1 atom stereocenters. The minimum atomic E-state index is -0.819. The van der Waals surface area contributed by atoms with Gasteiger partial charge in [-0.05, 0) is 63.3 Å². The summed E-state index contributed by atoms with van der Waals surface area (Å²) in [5, 5.41) is 6.24. The van der Waals surface area contributed by atoms with Crippen molar-refractivity contribution in [2.75, 3.05) is 31.5 Å². The van der Waals surface area contributed by atoms with Crippen molar-refractivity contribution in [2.24, 2.45) is 4.99 Å². The maximum Gasteiger partial charge on any atom is 0.259 e. The number of fused-ring (bicyclic) bond motifs is 1. The van der Waals surface area contributed by atoms with Crippen molar-refractivity contribution in [1.29, 1.82) is 0 Å². The first-order chi connectivity index (χ1) is 18.9. The van der Waals surface area contributed by atoms with Crippen molar-refractivity contribution in [3.8, 4) is 0 Å². The number of pyridine rings is 1. The van der Waals surface area contributed by atoms with Crippen LogP contribution in [0, 0.1) is 12.7 Å². The number of halogens is 1. The monoisotopic (exact) mass is 534 g/mol. The van der Waals surface area contributed by atoms with Gasteiger partial charge >= 0.3 is 0 Å². The number of amides is 3. The summed E-state index contributed by atoms with van der Waals surface area (Å²) in [7, 11) is 0. The third kappa shape index (κ3) is 6.24. The molecule has 0 saturated carbocycles. The number of hydrogen-bond acceptors (Lipinski definition) is 6.